The van der Waals surface area contributed by atoms with Crippen molar-refractivity contribution in [2.24, 2.45) is 5.92 Å². The van der Waals surface area contributed by atoms with E-state index in [1.54, 1.807) is 10.4 Å². The lowest BCUT2D eigenvalue weighted by Gasteiger charge is -2.42. The van der Waals surface area contributed by atoms with E-state index in [1.807, 2.05) is 6.92 Å². The molecule has 20 heavy (non-hydrogen) atoms. The van der Waals surface area contributed by atoms with E-state index in [2.05, 4.69) is 15.9 Å². The Morgan fingerprint density at radius 1 is 1.25 bits per heavy atom. The van der Waals surface area contributed by atoms with E-state index < -0.39 is 10.0 Å². The molecule has 3 rings (SSSR count). The van der Waals surface area contributed by atoms with Gasteiger partial charge in [-0.2, -0.15) is 4.31 Å². The molecule has 1 aromatic heterocycles. The second kappa shape index (κ2) is 5.71. The first-order valence-corrected chi connectivity index (χ1v) is 10.3. The average Bonchev–Trinajstić information content (AvgIpc) is 2.79. The van der Waals surface area contributed by atoms with Gasteiger partial charge in [-0.1, -0.05) is 12.8 Å². The molecule has 2 unspecified atom stereocenters. The third kappa shape index (κ3) is 2.60. The highest BCUT2D eigenvalue weighted by atomic mass is 79.9. The molecule has 0 bridgehead atoms. The summed E-state index contributed by atoms with van der Waals surface area (Å²) >= 11 is 4.78. The summed E-state index contributed by atoms with van der Waals surface area (Å²) in [4.78, 5) is 0. The van der Waals surface area contributed by atoms with Crippen LogP contribution in [0.5, 0.6) is 0 Å². The molecule has 3 nitrogen and oxygen atoms in total. The summed E-state index contributed by atoms with van der Waals surface area (Å²) in [6.45, 7) is 2.64. The van der Waals surface area contributed by atoms with Gasteiger partial charge in [0, 0.05) is 12.6 Å². The zero-order chi connectivity index (χ0) is 14.3. The van der Waals surface area contributed by atoms with Gasteiger partial charge in [0.25, 0.3) is 10.0 Å². The van der Waals surface area contributed by atoms with Gasteiger partial charge in [-0.15, -0.1) is 11.3 Å². The van der Waals surface area contributed by atoms with Gasteiger partial charge in [0.1, 0.15) is 4.21 Å². The highest BCUT2D eigenvalue weighted by Crippen LogP contribution is 2.40. The minimum absolute atomic E-state index is 0.240. The molecule has 2 fully saturated rings. The molecule has 0 aromatic carbocycles. The highest BCUT2D eigenvalue weighted by Gasteiger charge is 2.40. The molecule has 2 aliphatic rings. The normalized spacial score (nSPS) is 28.3. The first kappa shape index (κ1) is 15.0. The molecule has 1 aromatic rings. The van der Waals surface area contributed by atoms with Crippen molar-refractivity contribution < 1.29 is 8.42 Å². The number of aryl methyl sites for hydroxylation is 1. The minimum Gasteiger partial charge on any atom is -0.206 e. The predicted octanol–water partition coefficient (Wildman–Crippen LogP) is 4.16. The molecular formula is C14H20BrNO2S2. The molecule has 6 heteroatoms. The Hall–Kier alpha value is 0.0900. The molecule has 0 N–H and O–H groups in total. The van der Waals surface area contributed by atoms with E-state index in [9.17, 15) is 8.42 Å². The van der Waals surface area contributed by atoms with Gasteiger partial charge in [0.15, 0.2) is 0 Å². The monoisotopic (exact) mass is 377 g/mol. The molecule has 0 spiro atoms. The number of thiophene rings is 1. The SMILES string of the molecule is Cc1cc(S(=O)(=O)N2CCCC3CCCCC32)sc1Br. The van der Waals surface area contributed by atoms with Gasteiger partial charge in [0.2, 0.25) is 0 Å². The zero-order valence-corrected chi connectivity index (χ0v) is 14.9. The van der Waals surface area contributed by atoms with Crippen molar-refractivity contribution in [2.75, 3.05) is 6.54 Å². The standard InChI is InChI=1S/C14H20BrNO2S2/c1-10-9-13(19-14(10)15)20(17,18)16-8-4-6-11-5-2-3-7-12(11)16/h9,11-12H,2-8H2,1H3. The predicted molar refractivity (Wildman–Crippen MR) is 85.6 cm³/mol. The van der Waals surface area contributed by atoms with E-state index >= 15 is 0 Å². The van der Waals surface area contributed by atoms with Crippen molar-refractivity contribution in [2.45, 2.75) is 55.7 Å². The maximum Gasteiger partial charge on any atom is 0.252 e. The summed E-state index contributed by atoms with van der Waals surface area (Å²) in [5.41, 5.74) is 1.01. The Bertz CT molecular complexity index is 575. The summed E-state index contributed by atoms with van der Waals surface area (Å²) in [6, 6.07) is 2.04. The van der Waals surface area contributed by atoms with Crippen molar-refractivity contribution in [3.63, 3.8) is 0 Å². The topological polar surface area (TPSA) is 37.4 Å². The van der Waals surface area contributed by atoms with Crippen LogP contribution in [0.25, 0.3) is 0 Å². The molecule has 0 amide bonds. The number of hydrogen-bond donors (Lipinski definition) is 0. The Balaban J connectivity index is 1.93. The van der Waals surface area contributed by atoms with Gasteiger partial charge in [-0.05, 0) is 66.1 Å². The number of nitrogens with zero attached hydrogens (tertiary/aromatic N) is 1. The van der Waals surface area contributed by atoms with Gasteiger partial charge in [-0.3, -0.25) is 0 Å². The first-order valence-electron chi connectivity index (χ1n) is 7.28. The molecule has 2 heterocycles. The number of hydrogen-bond acceptors (Lipinski definition) is 3. The minimum atomic E-state index is -3.31. The van der Waals surface area contributed by atoms with Gasteiger partial charge in [-0.25, -0.2) is 8.42 Å². The van der Waals surface area contributed by atoms with Crippen LogP contribution in [-0.4, -0.2) is 25.3 Å². The highest BCUT2D eigenvalue weighted by molar-refractivity contribution is 9.11. The molecule has 112 valence electrons. The molecule has 1 aliphatic carbocycles. The summed E-state index contributed by atoms with van der Waals surface area (Å²) in [7, 11) is -3.31. The van der Waals surface area contributed by atoms with Crippen LogP contribution in [0.3, 0.4) is 0 Å². The van der Waals surface area contributed by atoms with Gasteiger partial charge >= 0.3 is 0 Å². The number of sulfonamides is 1. The van der Waals surface area contributed by atoms with E-state index in [0.29, 0.717) is 16.7 Å². The van der Waals surface area contributed by atoms with E-state index in [-0.39, 0.29) is 6.04 Å². The smallest absolute Gasteiger partial charge is 0.206 e. The molecule has 2 atom stereocenters. The van der Waals surface area contributed by atoms with Crippen LogP contribution < -0.4 is 0 Å². The van der Waals surface area contributed by atoms with Crippen LogP contribution in [-0.2, 0) is 10.0 Å². The van der Waals surface area contributed by atoms with Crippen LogP contribution in [0.15, 0.2) is 14.1 Å². The zero-order valence-electron chi connectivity index (χ0n) is 11.6. The number of fused-ring (bicyclic) bond motifs is 1. The second-order valence-corrected chi connectivity index (χ2v) is 10.4. The Morgan fingerprint density at radius 2 is 1.95 bits per heavy atom. The van der Waals surface area contributed by atoms with Crippen molar-refractivity contribution in [3.05, 3.63) is 15.4 Å². The van der Waals surface area contributed by atoms with E-state index in [1.165, 1.54) is 37.0 Å². The number of piperidine rings is 1. The van der Waals surface area contributed by atoms with Crippen LogP contribution in [0, 0.1) is 12.8 Å². The maximum absolute atomic E-state index is 12.9. The molecule has 1 saturated carbocycles. The van der Waals surface area contributed by atoms with Crippen LogP contribution in [0.4, 0.5) is 0 Å². The molecule has 1 aliphatic heterocycles. The van der Waals surface area contributed by atoms with Gasteiger partial charge in [0.05, 0.1) is 3.79 Å². The lowest BCUT2D eigenvalue weighted by molar-refractivity contribution is 0.129. The quantitative estimate of drug-likeness (QED) is 0.775. The van der Waals surface area contributed by atoms with Crippen LogP contribution >= 0.6 is 27.3 Å². The summed E-state index contributed by atoms with van der Waals surface area (Å²) in [5.74, 6) is 0.580. The summed E-state index contributed by atoms with van der Waals surface area (Å²) in [6.07, 6.45) is 6.87. The maximum atomic E-state index is 12.9. The fourth-order valence-corrected chi connectivity index (χ4v) is 7.66. The molecular weight excluding hydrogens is 358 g/mol. The largest absolute Gasteiger partial charge is 0.252 e. The fraction of sp³-hybridized carbons (Fsp3) is 0.714. The van der Waals surface area contributed by atoms with Crippen LogP contribution in [0.2, 0.25) is 0 Å². The Kier molecular flexibility index (Phi) is 4.28. The third-order valence-corrected chi connectivity index (χ3v) is 9.10. The lowest BCUT2D eigenvalue weighted by atomic mass is 9.79. The summed E-state index contributed by atoms with van der Waals surface area (Å²) in [5, 5.41) is 0. The Labute approximate surface area is 133 Å². The second-order valence-electron chi connectivity index (χ2n) is 5.89. The molecule has 0 radical (unpaired) electrons. The third-order valence-electron chi connectivity index (χ3n) is 4.59. The number of halogens is 1. The first-order chi connectivity index (χ1) is 9.50. The fourth-order valence-electron chi connectivity index (χ4n) is 3.55. The van der Waals surface area contributed by atoms with Crippen molar-refractivity contribution in [3.8, 4) is 0 Å². The average molecular weight is 378 g/mol. The van der Waals surface area contributed by atoms with E-state index in [0.717, 1.165) is 22.2 Å². The van der Waals surface area contributed by atoms with E-state index in [4.69, 9.17) is 0 Å². The van der Waals surface area contributed by atoms with Gasteiger partial charge < -0.3 is 0 Å². The Morgan fingerprint density at radius 3 is 2.65 bits per heavy atom. The van der Waals surface area contributed by atoms with Crippen LogP contribution in [0.1, 0.15) is 44.1 Å². The summed E-state index contributed by atoms with van der Waals surface area (Å²) < 4.78 is 29.1. The lowest BCUT2D eigenvalue weighted by Crippen LogP contribution is -2.49. The van der Waals surface area contributed by atoms with Crippen molar-refractivity contribution in [1.82, 2.24) is 4.31 Å². The number of rotatable bonds is 2. The van der Waals surface area contributed by atoms with Crippen molar-refractivity contribution >= 4 is 37.3 Å². The van der Waals surface area contributed by atoms with Crippen molar-refractivity contribution in [1.29, 1.82) is 0 Å². The molecule has 1 saturated heterocycles.